The van der Waals surface area contributed by atoms with E-state index in [9.17, 15) is 0 Å². The molecule has 3 heterocycles. The van der Waals surface area contributed by atoms with Gasteiger partial charge in [0.25, 0.3) is 6.71 Å². The van der Waals surface area contributed by atoms with Crippen LogP contribution in [-0.2, 0) is 34.5 Å². The van der Waals surface area contributed by atoms with Crippen LogP contribution in [0.3, 0.4) is 0 Å². The van der Waals surface area contributed by atoms with Gasteiger partial charge in [-0.3, -0.25) is 0 Å². The SMILES string of the molecule is CC1(C)Cc2cc3c(cc2C1)N(c1ccc(C(C)(C)C)cc1-c1ccccc1)c1cc(N2c4ccccc4C(C)(C)c4ccccc42)cc2c1B3c1cc(C(C)(C)C)ccc1N2c1ccc(C(C)(C)C)cc1. The molecule has 1 aliphatic carbocycles. The van der Waals surface area contributed by atoms with Crippen LogP contribution in [0.1, 0.15) is 129 Å². The predicted molar refractivity (Wildman–Crippen MR) is 310 cm³/mol. The van der Waals surface area contributed by atoms with Crippen LogP contribution < -0.4 is 31.1 Å². The molecule has 0 amide bonds. The lowest BCUT2D eigenvalue weighted by atomic mass is 9.33. The molecule has 4 aliphatic rings. The van der Waals surface area contributed by atoms with Crippen molar-refractivity contribution in [2.75, 3.05) is 14.7 Å². The topological polar surface area (TPSA) is 9.72 Å². The molecule has 0 aromatic heterocycles. The second-order valence-electron chi connectivity index (χ2n) is 25.9. The zero-order valence-electron chi connectivity index (χ0n) is 44.9. The number of anilines is 9. The number of para-hydroxylation sites is 2. The fraction of sp³-hybridized carbons (Fsp3) is 0.294. The summed E-state index contributed by atoms with van der Waals surface area (Å²) in [4.78, 5) is 7.87. The number of hydrogen-bond acceptors (Lipinski definition) is 3. The van der Waals surface area contributed by atoms with Gasteiger partial charge in [-0.25, -0.2) is 0 Å². The highest BCUT2D eigenvalue weighted by molar-refractivity contribution is 7.00. The Labute approximate surface area is 430 Å². The highest BCUT2D eigenvalue weighted by atomic mass is 15.2. The van der Waals surface area contributed by atoms with Crippen LogP contribution in [0.15, 0.2) is 164 Å². The van der Waals surface area contributed by atoms with Gasteiger partial charge in [0.05, 0.1) is 22.7 Å². The van der Waals surface area contributed by atoms with E-state index in [1.54, 1.807) is 0 Å². The minimum absolute atomic E-state index is 0.0133. The first-order valence-corrected chi connectivity index (χ1v) is 26.5. The third kappa shape index (κ3) is 7.29. The van der Waals surface area contributed by atoms with Crippen LogP contribution in [0.4, 0.5) is 51.2 Å². The van der Waals surface area contributed by atoms with Crippen molar-refractivity contribution >= 4 is 74.3 Å². The summed E-state index contributed by atoms with van der Waals surface area (Å²) in [5.74, 6) is 0. The van der Waals surface area contributed by atoms with E-state index in [4.69, 9.17) is 0 Å². The van der Waals surface area contributed by atoms with Gasteiger partial charge in [0.2, 0.25) is 0 Å². The minimum atomic E-state index is -0.194. The van der Waals surface area contributed by atoms with E-state index in [0.717, 1.165) is 18.5 Å². The lowest BCUT2D eigenvalue weighted by Gasteiger charge is -2.47. The Balaban J connectivity index is 1.24. The second kappa shape index (κ2) is 15.9. The van der Waals surface area contributed by atoms with Crippen molar-refractivity contribution in [1.29, 1.82) is 0 Å². The molecular weight excluding hydrogens is 870 g/mol. The van der Waals surface area contributed by atoms with Crippen molar-refractivity contribution in [3.63, 3.8) is 0 Å². The molecule has 0 N–H and O–H groups in total. The Kier molecular flexibility index (Phi) is 10.2. The Morgan fingerprint density at radius 3 is 1.47 bits per heavy atom. The summed E-state index contributed by atoms with van der Waals surface area (Å²) in [6.07, 6.45) is 2.13. The van der Waals surface area contributed by atoms with Crippen molar-refractivity contribution in [3.05, 3.63) is 203 Å². The molecule has 4 heteroatoms. The molecular formula is C68H70BN3. The number of benzene rings is 8. The molecule has 0 saturated carbocycles. The third-order valence-electron chi connectivity index (χ3n) is 16.7. The third-order valence-corrected chi connectivity index (χ3v) is 16.7. The standard InChI is InChI=1S/C68H70BN3/c1-64(2,3)46-27-31-49(32-28-46)70-59-34-30-48(66(7,8)9)38-55(59)69-54-35-44-41-67(10,11)42-45(44)36-60(54)72(56-33-29-47(65(4,5)6)37-51(56)43-21-15-14-16-22-43)62-40-50(39-61(70)63(62)69)71-57-25-19-17-23-52(57)68(12,13)53-24-18-20-26-58(53)71/h14-40H,41-42H2,1-13H3. The Bertz CT molecular complexity index is 3430. The maximum absolute atomic E-state index is 2.69. The fourth-order valence-corrected chi connectivity index (χ4v) is 12.8. The summed E-state index contributed by atoms with van der Waals surface area (Å²) >= 11 is 0. The molecule has 0 saturated heterocycles. The maximum atomic E-state index is 2.69. The summed E-state index contributed by atoms with van der Waals surface area (Å²) in [6, 6.07) is 63.9. The molecule has 3 aliphatic heterocycles. The molecule has 8 aromatic carbocycles. The van der Waals surface area contributed by atoms with Gasteiger partial charge in [0, 0.05) is 39.4 Å². The van der Waals surface area contributed by atoms with Crippen LogP contribution in [0.25, 0.3) is 11.1 Å². The Morgan fingerprint density at radius 2 is 0.875 bits per heavy atom. The molecule has 3 nitrogen and oxygen atoms in total. The van der Waals surface area contributed by atoms with Gasteiger partial charge in [-0.2, -0.15) is 0 Å². The van der Waals surface area contributed by atoms with Crippen LogP contribution in [0, 0.1) is 5.41 Å². The second-order valence-corrected chi connectivity index (χ2v) is 25.9. The minimum Gasteiger partial charge on any atom is -0.311 e. The summed E-state index contributed by atoms with van der Waals surface area (Å²) in [7, 11) is 0. The van der Waals surface area contributed by atoms with E-state index in [1.807, 2.05) is 0 Å². The van der Waals surface area contributed by atoms with Crippen LogP contribution in [0.2, 0.25) is 0 Å². The summed E-state index contributed by atoms with van der Waals surface area (Å²) in [5.41, 5.74) is 27.0. The normalized spacial score (nSPS) is 16.1. The molecule has 72 heavy (non-hydrogen) atoms. The summed E-state index contributed by atoms with van der Waals surface area (Å²) < 4.78 is 0. The molecule has 0 atom stereocenters. The largest absolute Gasteiger partial charge is 0.311 e. The number of hydrogen-bond donors (Lipinski definition) is 0. The van der Waals surface area contributed by atoms with Crippen molar-refractivity contribution in [2.24, 2.45) is 5.41 Å². The monoisotopic (exact) mass is 940 g/mol. The number of nitrogens with zero attached hydrogens (tertiary/aromatic N) is 3. The lowest BCUT2D eigenvalue weighted by molar-refractivity contribution is 0.392. The smallest absolute Gasteiger partial charge is 0.252 e. The van der Waals surface area contributed by atoms with Gasteiger partial charge in [-0.1, -0.05) is 193 Å². The Hall–Kier alpha value is -6.78. The van der Waals surface area contributed by atoms with Crippen LogP contribution in [0.5, 0.6) is 0 Å². The summed E-state index contributed by atoms with van der Waals surface area (Å²) in [6.45, 7) is 30.7. The van der Waals surface area contributed by atoms with Crippen LogP contribution in [-0.4, -0.2) is 6.71 Å². The number of rotatable bonds is 4. The maximum Gasteiger partial charge on any atom is 0.252 e. The first-order valence-electron chi connectivity index (χ1n) is 26.5. The molecule has 0 radical (unpaired) electrons. The van der Waals surface area contributed by atoms with Crippen molar-refractivity contribution in [2.45, 2.75) is 125 Å². The molecule has 0 unspecified atom stereocenters. The molecule has 0 fully saturated rings. The molecule has 360 valence electrons. The van der Waals surface area contributed by atoms with Gasteiger partial charge in [-0.15, -0.1) is 0 Å². The van der Waals surface area contributed by atoms with E-state index >= 15 is 0 Å². The lowest BCUT2D eigenvalue weighted by Crippen LogP contribution is -2.61. The predicted octanol–water partition coefficient (Wildman–Crippen LogP) is 16.6. The van der Waals surface area contributed by atoms with E-state index in [-0.39, 0.29) is 33.8 Å². The zero-order chi connectivity index (χ0) is 50.4. The van der Waals surface area contributed by atoms with E-state index < -0.39 is 0 Å². The highest BCUT2D eigenvalue weighted by Gasteiger charge is 2.47. The summed E-state index contributed by atoms with van der Waals surface area (Å²) in [5, 5.41) is 0. The highest BCUT2D eigenvalue weighted by Crippen LogP contribution is 2.55. The van der Waals surface area contributed by atoms with Crippen molar-refractivity contribution in [3.8, 4) is 11.1 Å². The molecule has 0 bridgehead atoms. The first kappa shape index (κ1) is 46.3. The molecule has 12 rings (SSSR count). The van der Waals surface area contributed by atoms with Gasteiger partial charge in [-0.05, 0) is 156 Å². The van der Waals surface area contributed by atoms with Crippen molar-refractivity contribution < 1.29 is 0 Å². The fourth-order valence-electron chi connectivity index (χ4n) is 12.8. The number of fused-ring (bicyclic) bond motifs is 7. The average Bonchev–Trinajstić information content (AvgIpc) is 3.65. The zero-order valence-corrected chi connectivity index (χ0v) is 44.9. The van der Waals surface area contributed by atoms with Crippen molar-refractivity contribution in [1.82, 2.24) is 0 Å². The molecule has 8 aromatic rings. The molecule has 0 spiro atoms. The van der Waals surface area contributed by atoms with Gasteiger partial charge in [0.1, 0.15) is 0 Å². The van der Waals surface area contributed by atoms with Crippen LogP contribution >= 0.6 is 0 Å². The first-order chi connectivity index (χ1) is 34.1. The van der Waals surface area contributed by atoms with Gasteiger partial charge in [0.15, 0.2) is 0 Å². The van der Waals surface area contributed by atoms with E-state index in [0.29, 0.717) is 0 Å². The average molecular weight is 940 g/mol. The van der Waals surface area contributed by atoms with Gasteiger partial charge >= 0.3 is 0 Å². The van der Waals surface area contributed by atoms with Gasteiger partial charge < -0.3 is 14.7 Å². The van der Waals surface area contributed by atoms with E-state index in [2.05, 4.69) is 269 Å². The Morgan fingerprint density at radius 1 is 0.389 bits per heavy atom. The quantitative estimate of drug-likeness (QED) is 0.163. The van der Waals surface area contributed by atoms with E-state index in [1.165, 1.54) is 112 Å².